The Hall–Kier alpha value is -1.55. The van der Waals surface area contributed by atoms with Gasteiger partial charge in [-0.1, -0.05) is 31.6 Å². The van der Waals surface area contributed by atoms with E-state index in [1.54, 1.807) is 6.07 Å². The number of rotatable bonds is 3. The van der Waals surface area contributed by atoms with Crippen molar-refractivity contribution in [1.29, 1.82) is 0 Å². The van der Waals surface area contributed by atoms with E-state index in [9.17, 15) is 4.39 Å². The number of benzene rings is 1. The molecule has 0 radical (unpaired) electrons. The maximum Gasteiger partial charge on any atom is 0.139 e. The highest BCUT2D eigenvalue weighted by molar-refractivity contribution is 7.71. The summed E-state index contributed by atoms with van der Waals surface area (Å²) in [5.74, 6) is 0.376. The van der Waals surface area contributed by atoms with Gasteiger partial charge < -0.3 is 4.98 Å². The molecule has 0 amide bonds. The van der Waals surface area contributed by atoms with E-state index in [1.807, 2.05) is 13.0 Å². The van der Waals surface area contributed by atoms with Crippen molar-refractivity contribution in [3.05, 3.63) is 46.0 Å². The zero-order chi connectivity index (χ0) is 13.1. The van der Waals surface area contributed by atoms with Crippen LogP contribution in [0.4, 0.5) is 4.39 Å². The van der Waals surface area contributed by atoms with Crippen molar-refractivity contribution in [2.75, 3.05) is 0 Å². The molecule has 18 heavy (non-hydrogen) atoms. The Morgan fingerprint density at radius 1 is 1.33 bits per heavy atom. The summed E-state index contributed by atoms with van der Waals surface area (Å²) in [7, 11) is 0. The fourth-order valence-corrected chi connectivity index (χ4v) is 2.12. The smallest absolute Gasteiger partial charge is 0.139 e. The first-order valence-corrected chi connectivity index (χ1v) is 6.37. The van der Waals surface area contributed by atoms with E-state index in [4.69, 9.17) is 12.2 Å². The van der Waals surface area contributed by atoms with Gasteiger partial charge in [0.15, 0.2) is 0 Å². The molecule has 2 aromatic rings. The van der Waals surface area contributed by atoms with Gasteiger partial charge in [-0.3, -0.25) is 0 Å². The highest BCUT2D eigenvalue weighted by atomic mass is 32.1. The Morgan fingerprint density at radius 3 is 2.83 bits per heavy atom. The summed E-state index contributed by atoms with van der Waals surface area (Å²) in [4.78, 5) is 7.51. The molecule has 0 unspecified atom stereocenters. The van der Waals surface area contributed by atoms with Crippen molar-refractivity contribution >= 4 is 12.2 Å². The highest BCUT2D eigenvalue weighted by Crippen LogP contribution is 2.21. The molecule has 4 heteroatoms. The predicted octanol–water partition coefficient (Wildman–Crippen LogP) is 4.21. The number of H-pyrrole nitrogens is 1. The van der Waals surface area contributed by atoms with Gasteiger partial charge in [0.25, 0.3) is 0 Å². The third-order valence-electron chi connectivity index (χ3n) is 2.77. The molecule has 2 rings (SSSR count). The molecule has 2 nitrogen and oxygen atoms in total. The van der Waals surface area contributed by atoms with Crippen LogP contribution in [0.15, 0.2) is 24.3 Å². The van der Waals surface area contributed by atoms with Gasteiger partial charge in [-0.05, 0) is 37.1 Å². The lowest BCUT2D eigenvalue weighted by Gasteiger charge is -2.08. The number of nitrogens with one attached hydrogen (secondary N) is 1. The van der Waals surface area contributed by atoms with Gasteiger partial charge in [0.1, 0.15) is 16.3 Å². The standard InChI is InChI=1S/C14H15FN2S/c1-3-4-11-8-13(18)17-14(16-11)12-7-10(15)6-5-9(12)2/h5-8H,3-4H2,1-2H3,(H,16,17,18). The second kappa shape index (κ2) is 5.40. The SMILES string of the molecule is CCCc1cc(=S)nc(-c2cc(F)ccc2C)[nH]1. The number of hydrogen-bond acceptors (Lipinski definition) is 2. The van der Waals surface area contributed by atoms with E-state index in [2.05, 4.69) is 16.9 Å². The van der Waals surface area contributed by atoms with Crippen LogP contribution < -0.4 is 0 Å². The molecule has 0 atom stereocenters. The molecule has 0 aliphatic heterocycles. The van der Waals surface area contributed by atoms with Crippen LogP contribution in [0.25, 0.3) is 11.4 Å². The monoisotopic (exact) mass is 262 g/mol. The van der Waals surface area contributed by atoms with E-state index in [1.165, 1.54) is 12.1 Å². The first-order chi connectivity index (χ1) is 8.60. The van der Waals surface area contributed by atoms with Crippen molar-refractivity contribution in [2.45, 2.75) is 26.7 Å². The van der Waals surface area contributed by atoms with E-state index in [0.29, 0.717) is 10.5 Å². The van der Waals surface area contributed by atoms with Crippen molar-refractivity contribution < 1.29 is 4.39 Å². The van der Waals surface area contributed by atoms with Crippen molar-refractivity contribution in [2.24, 2.45) is 0 Å². The quantitative estimate of drug-likeness (QED) is 0.839. The second-order valence-corrected chi connectivity index (χ2v) is 4.72. The summed E-state index contributed by atoms with van der Waals surface area (Å²) in [6, 6.07) is 6.54. The fraction of sp³-hybridized carbons (Fsp3) is 0.286. The Kier molecular flexibility index (Phi) is 3.87. The fourth-order valence-electron chi connectivity index (χ4n) is 1.89. The van der Waals surface area contributed by atoms with Crippen LogP contribution in [0.5, 0.6) is 0 Å². The summed E-state index contributed by atoms with van der Waals surface area (Å²) in [6.07, 6.45) is 1.93. The van der Waals surface area contributed by atoms with Gasteiger partial charge in [-0.25, -0.2) is 9.37 Å². The average molecular weight is 262 g/mol. The normalized spacial score (nSPS) is 10.6. The third kappa shape index (κ3) is 2.82. The maximum atomic E-state index is 13.3. The maximum absolute atomic E-state index is 13.3. The van der Waals surface area contributed by atoms with Crippen molar-refractivity contribution in [3.63, 3.8) is 0 Å². The molecule has 1 aromatic carbocycles. The molecule has 0 saturated heterocycles. The van der Waals surface area contributed by atoms with Crippen molar-refractivity contribution in [1.82, 2.24) is 9.97 Å². The number of nitrogens with zero attached hydrogens (tertiary/aromatic N) is 1. The van der Waals surface area contributed by atoms with Crippen LogP contribution >= 0.6 is 12.2 Å². The summed E-state index contributed by atoms with van der Waals surface area (Å²) in [5.41, 5.74) is 2.78. The van der Waals surface area contributed by atoms with Gasteiger partial charge in [-0.2, -0.15) is 0 Å². The average Bonchev–Trinajstić information content (AvgIpc) is 2.32. The number of aromatic nitrogens is 2. The molecular formula is C14H15FN2S. The highest BCUT2D eigenvalue weighted by Gasteiger charge is 2.07. The summed E-state index contributed by atoms with van der Waals surface area (Å²) in [6.45, 7) is 4.03. The summed E-state index contributed by atoms with van der Waals surface area (Å²) in [5, 5.41) is 0. The van der Waals surface area contributed by atoms with Gasteiger partial charge in [-0.15, -0.1) is 0 Å². The van der Waals surface area contributed by atoms with Crippen LogP contribution in [-0.2, 0) is 6.42 Å². The second-order valence-electron chi connectivity index (χ2n) is 4.30. The number of hydrogen-bond donors (Lipinski definition) is 1. The first kappa shape index (κ1) is 12.9. The lowest BCUT2D eigenvalue weighted by atomic mass is 10.1. The van der Waals surface area contributed by atoms with Crippen LogP contribution in [0, 0.1) is 17.4 Å². The van der Waals surface area contributed by atoms with E-state index in [-0.39, 0.29) is 5.82 Å². The molecule has 0 bridgehead atoms. The molecule has 1 N–H and O–H groups in total. The van der Waals surface area contributed by atoms with E-state index >= 15 is 0 Å². The molecule has 0 spiro atoms. The topological polar surface area (TPSA) is 28.7 Å². The van der Waals surface area contributed by atoms with Crippen molar-refractivity contribution in [3.8, 4) is 11.4 Å². The predicted molar refractivity (Wildman–Crippen MR) is 73.5 cm³/mol. The zero-order valence-corrected chi connectivity index (χ0v) is 11.3. The van der Waals surface area contributed by atoms with Crippen LogP contribution in [0.2, 0.25) is 0 Å². The zero-order valence-electron chi connectivity index (χ0n) is 10.5. The number of aromatic amines is 1. The number of halogens is 1. The van der Waals surface area contributed by atoms with Crippen LogP contribution in [0.1, 0.15) is 24.6 Å². The van der Waals surface area contributed by atoms with Gasteiger partial charge in [0.05, 0.1) is 0 Å². The minimum absolute atomic E-state index is 0.266. The largest absolute Gasteiger partial charge is 0.343 e. The molecule has 0 saturated carbocycles. The minimum atomic E-state index is -0.266. The van der Waals surface area contributed by atoms with Gasteiger partial charge in [0.2, 0.25) is 0 Å². The molecule has 0 aliphatic rings. The Labute approximate surface area is 111 Å². The Balaban J connectivity index is 2.56. The van der Waals surface area contributed by atoms with Gasteiger partial charge >= 0.3 is 0 Å². The molecule has 1 aromatic heterocycles. The molecule has 0 fully saturated rings. The minimum Gasteiger partial charge on any atom is -0.343 e. The third-order valence-corrected chi connectivity index (χ3v) is 2.98. The molecular weight excluding hydrogens is 247 g/mol. The lowest BCUT2D eigenvalue weighted by molar-refractivity contribution is 0.627. The molecule has 1 heterocycles. The van der Waals surface area contributed by atoms with Crippen LogP contribution in [-0.4, -0.2) is 9.97 Å². The Bertz CT molecular complexity index is 619. The van der Waals surface area contributed by atoms with Crippen LogP contribution in [0.3, 0.4) is 0 Å². The first-order valence-electron chi connectivity index (χ1n) is 5.97. The van der Waals surface area contributed by atoms with Gasteiger partial charge in [0, 0.05) is 11.3 Å². The van der Waals surface area contributed by atoms with E-state index in [0.717, 1.165) is 29.7 Å². The Morgan fingerprint density at radius 2 is 2.11 bits per heavy atom. The summed E-state index contributed by atoms with van der Waals surface area (Å²) >= 11 is 5.15. The molecule has 0 aliphatic carbocycles. The van der Waals surface area contributed by atoms with E-state index < -0.39 is 0 Å². The summed E-state index contributed by atoms with van der Waals surface area (Å²) < 4.78 is 13.9. The number of aryl methyl sites for hydroxylation is 2. The molecule has 94 valence electrons. The lowest BCUT2D eigenvalue weighted by Crippen LogP contribution is -1.97.